The standard InChI is InChI=1S/C17H14F4O4/c18-12-5-3-11(4-6-12)15(22)14(16(23)24)9-10-1-7-13(8-2-10)25-17(19,20)21/h1-8,14-15,22H,9H2,(H,23,24). The van der Waals surface area contributed by atoms with Crippen molar-refractivity contribution in [1.82, 2.24) is 0 Å². The van der Waals surface area contributed by atoms with E-state index in [9.17, 15) is 32.6 Å². The molecule has 2 aromatic carbocycles. The molecule has 2 aromatic rings. The van der Waals surface area contributed by atoms with Crippen molar-refractivity contribution >= 4 is 5.97 Å². The van der Waals surface area contributed by atoms with Crippen LogP contribution in [0.5, 0.6) is 5.75 Å². The fourth-order valence-electron chi connectivity index (χ4n) is 2.31. The monoisotopic (exact) mass is 358 g/mol. The minimum absolute atomic E-state index is 0.125. The molecular formula is C17H14F4O4. The van der Waals surface area contributed by atoms with Gasteiger partial charge in [-0.05, 0) is 41.8 Å². The molecule has 2 atom stereocenters. The first-order chi connectivity index (χ1) is 11.7. The summed E-state index contributed by atoms with van der Waals surface area (Å²) in [5.74, 6) is -3.49. The summed E-state index contributed by atoms with van der Waals surface area (Å²) in [5.41, 5.74) is 0.633. The molecule has 2 unspecified atom stereocenters. The number of alkyl halides is 3. The summed E-state index contributed by atoms with van der Waals surface area (Å²) < 4.78 is 53.0. The number of aliphatic carboxylic acids is 1. The van der Waals surface area contributed by atoms with Crippen molar-refractivity contribution in [2.45, 2.75) is 18.9 Å². The van der Waals surface area contributed by atoms with Gasteiger partial charge in [-0.25, -0.2) is 4.39 Å². The highest BCUT2D eigenvalue weighted by Crippen LogP contribution is 2.28. The molecule has 134 valence electrons. The van der Waals surface area contributed by atoms with E-state index in [0.29, 0.717) is 5.56 Å². The number of carbonyl (C=O) groups is 1. The maximum absolute atomic E-state index is 12.9. The second kappa shape index (κ2) is 7.52. The van der Waals surface area contributed by atoms with E-state index in [4.69, 9.17) is 0 Å². The highest BCUT2D eigenvalue weighted by molar-refractivity contribution is 5.71. The lowest BCUT2D eigenvalue weighted by Crippen LogP contribution is -2.24. The molecule has 2 N–H and O–H groups in total. The Balaban J connectivity index is 2.13. The van der Waals surface area contributed by atoms with Gasteiger partial charge in [0.25, 0.3) is 0 Å². The topological polar surface area (TPSA) is 66.8 Å². The highest BCUT2D eigenvalue weighted by Gasteiger charge is 2.31. The molecule has 0 heterocycles. The van der Waals surface area contributed by atoms with Crippen LogP contribution in [-0.4, -0.2) is 22.5 Å². The van der Waals surface area contributed by atoms with Crippen LogP contribution in [0.2, 0.25) is 0 Å². The summed E-state index contributed by atoms with van der Waals surface area (Å²) in [6.45, 7) is 0. The Morgan fingerprint density at radius 3 is 2.08 bits per heavy atom. The van der Waals surface area contributed by atoms with Gasteiger partial charge < -0.3 is 14.9 Å². The molecule has 2 rings (SSSR count). The van der Waals surface area contributed by atoms with Crippen LogP contribution in [0.4, 0.5) is 17.6 Å². The minimum Gasteiger partial charge on any atom is -0.481 e. The van der Waals surface area contributed by atoms with E-state index >= 15 is 0 Å². The Morgan fingerprint density at radius 2 is 1.60 bits per heavy atom. The van der Waals surface area contributed by atoms with Crippen LogP contribution in [0.25, 0.3) is 0 Å². The smallest absolute Gasteiger partial charge is 0.481 e. The fourth-order valence-corrected chi connectivity index (χ4v) is 2.31. The van der Waals surface area contributed by atoms with E-state index in [0.717, 1.165) is 24.3 Å². The number of aliphatic hydroxyl groups excluding tert-OH is 1. The first kappa shape index (κ1) is 18.7. The van der Waals surface area contributed by atoms with Crippen LogP contribution in [0, 0.1) is 11.7 Å². The Kier molecular flexibility index (Phi) is 5.63. The summed E-state index contributed by atoms with van der Waals surface area (Å²) in [6.07, 6.45) is -6.34. The SMILES string of the molecule is O=C(O)C(Cc1ccc(OC(F)(F)F)cc1)C(O)c1ccc(F)cc1. The number of hydrogen-bond donors (Lipinski definition) is 2. The minimum atomic E-state index is -4.82. The predicted molar refractivity (Wildman–Crippen MR) is 79.3 cm³/mol. The summed E-state index contributed by atoms with van der Waals surface area (Å²) in [4.78, 5) is 11.4. The maximum atomic E-state index is 12.9. The highest BCUT2D eigenvalue weighted by atomic mass is 19.4. The number of ether oxygens (including phenoxy) is 1. The number of benzene rings is 2. The van der Waals surface area contributed by atoms with Gasteiger partial charge in [-0.3, -0.25) is 4.79 Å². The van der Waals surface area contributed by atoms with E-state index in [1.54, 1.807) is 0 Å². The Labute approximate surface area is 140 Å². The zero-order valence-corrected chi connectivity index (χ0v) is 12.7. The van der Waals surface area contributed by atoms with Gasteiger partial charge in [-0.1, -0.05) is 24.3 Å². The molecule has 0 fully saturated rings. The van der Waals surface area contributed by atoms with E-state index < -0.39 is 35.9 Å². The van der Waals surface area contributed by atoms with Crippen molar-refractivity contribution in [3.63, 3.8) is 0 Å². The predicted octanol–water partition coefficient (Wildman–Crippen LogP) is 3.70. The average Bonchev–Trinajstić information content (AvgIpc) is 2.52. The molecule has 25 heavy (non-hydrogen) atoms. The molecule has 4 nitrogen and oxygen atoms in total. The summed E-state index contributed by atoms with van der Waals surface area (Å²) in [5, 5.41) is 19.6. The second-order valence-electron chi connectivity index (χ2n) is 5.34. The molecule has 8 heteroatoms. The van der Waals surface area contributed by atoms with Gasteiger partial charge in [-0.2, -0.15) is 0 Å². The van der Waals surface area contributed by atoms with E-state index in [-0.39, 0.29) is 12.0 Å². The molecule has 0 radical (unpaired) electrons. The van der Waals surface area contributed by atoms with Crippen LogP contribution in [0.1, 0.15) is 17.2 Å². The second-order valence-corrected chi connectivity index (χ2v) is 5.34. The number of aliphatic hydroxyl groups is 1. The van der Waals surface area contributed by atoms with Crippen LogP contribution in [0.3, 0.4) is 0 Å². The summed E-state index contributed by atoms with van der Waals surface area (Å²) >= 11 is 0. The number of rotatable bonds is 6. The van der Waals surface area contributed by atoms with Gasteiger partial charge in [0.1, 0.15) is 11.6 Å². The quantitative estimate of drug-likeness (QED) is 0.773. The van der Waals surface area contributed by atoms with Gasteiger partial charge >= 0.3 is 12.3 Å². The van der Waals surface area contributed by atoms with Crippen molar-refractivity contribution in [3.8, 4) is 5.75 Å². The van der Waals surface area contributed by atoms with Crippen LogP contribution in [0.15, 0.2) is 48.5 Å². The van der Waals surface area contributed by atoms with Crippen molar-refractivity contribution in [2.24, 2.45) is 5.92 Å². The number of hydrogen-bond acceptors (Lipinski definition) is 3. The Bertz CT molecular complexity index is 711. The van der Waals surface area contributed by atoms with Gasteiger partial charge in [0.05, 0.1) is 12.0 Å². The molecule has 0 aromatic heterocycles. The number of carboxylic acid groups (broad SMARTS) is 1. The first-order valence-corrected chi connectivity index (χ1v) is 7.17. The third-order valence-corrected chi connectivity index (χ3v) is 3.52. The van der Waals surface area contributed by atoms with Gasteiger partial charge in [0.15, 0.2) is 0 Å². The van der Waals surface area contributed by atoms with Gasteiger partial charge in [0.2, 0.25) is 0 Å². The summed E-state index contributed by atoms with van der Waals surface area (Å²) in [7, 11) is 0. The number of halogens is 4. The lowest BCUT2D eigenvalue weighted by Gasteiger charge is -2.20. The molecule has 0 saturated heterocycles. The maximum Gasteiger partial charge on any atom is 0.573 e. The van der Waals surface area contributed by atoms with E-state index in [1.165, 1.54) is 24.3 Å². The summed E-state index contributed by atoms with van der Waals surface area (Å²) in [6, 6.07) is 9.44. The third kappa shape index (κ3) is 5.46. The molecular weight excluding hydrogens is 344 g/mol. The first-order valence-electron chi connectivity index (χ1n) is 7.17. The van der Waals surface area contributed by atoms with Crippen molar-refractivity contribution in [1.29, 1.82) is 0 Å². The lowest BCUT2D eigenvalue weighted by molar-refractivity contribution is -0.274. The molecule has 0 aliphatic rings. The molecule has 0 aliphatic heterocycles. The van der Waals surface area contributed by atoms with Crippen molar-refractivity contribution in [2.75, 3.05) is 0 Å². The van der Waals surface area contributed by atoms with Crippen LogP contribution >= 0.6 is 0 Å². The third-order valence-electron chi connectivity index (χ3n) is 3.52. The van der Waals surface area contributed by atoms with Crippen molar-refractivity contribution in [3.05, 3.63) is 65.5 Å². The van der Waals surface area contributed by atoms with Gasteiger partial charge in [0, 0.05) is 0 Å². The fraction of sp³-hybridized carbons (Fsp3) is 0.235. The molecule has 0 aliphatic carbocycles. The molecule has 0 amide bonds. The average molecular weight is 358 g/mol. The molecule has 0 bridgehead atoms. The molecule has 0 spiro atoms. The Hall–Kier alpha value is -2.61. The molecule has 0 saturated carbocycles. The van der Waals surface area contributed by atoms with Gasteiger partial charge in [-0.15, -0.1) is 13.2 Å². The van der Waals surface area contributed by atoms with Crippen LogP contribution < -0.4 is 4.74 Å². The van der Waals surface area contributed by atoms with E-state index in [1.807, 2.05) is 0 Å². The normalized spacial score (nSPS) is 14.0. The number of carboxylic acids is 1. The lowest BCUT2D eigenvalue weighted by atomic mass is 9.90. The zero-order chi connectivity index (χ0) is 18.6. The zero-order valence-electron chi connectivity index (χ0n) is 12.7. The van der Waals surface area contributed by atoms with Crippen LogP contribution in [-0.2, 0) is 11.2 Å². The van der Waals surface area contributed by atoms with E-state index in [2.05, 4.69) is 4.74 Å². The van der Waals surface area contributed by atoms with Crippen molar-refractivity contribution < 1.29 is 37.3 Å². The Morgan fingerprint density at radius 1 is 1.04 bits per heavy atom. The largest absolute Gasteiger partial charge is 0.573 e.